The van der Waals surface area contributed by atoms with E-state index in [4.69, 9.17) is 14.6 Å². The number of benzene rings is 1. The minimum Gasteiger partial charge on any atom is -0.489 e. The number of carbonyl (C=O) groups is 2. The van der Waals surface area contributed by atoms with E-state index < -0.39 is 30.7 Å². The van der Waals surface area contributed by atoms with Gasteiger partial charge < -0.3 is 19.5 Å². The largest absolute Gasteiger partial charge is 0.489 e. The molecular formula is C20H20FN5O5. The van der Waals surface area contributed by atoms with E-state index in [1.165, 1.54) is 22.1 Å². The Morgan fingerprint density at radius 1 is 1.35 bits per heavy atom. The Bertz CT molecular complexity index is 1060. The summed E-state index contributed by atoms with van der Waals surface area (Å²) in [4.78, 5) is 27.1. The molecule has 1 aromatic heterocycles. The fraction of sp³-hybridized carbons (Fsp3) is 0.400. The lowest BCUT2D eigenvalue weighted by molar-refractivity contribution is -0.133. The highest BCUT2D eigenvalue weighted by molar-refractivity contribution is 5.94. The molecule has 1 saturated heterocycles. The molecule has 10 nitrogen and oxygen atoms in total. The quantitative estimate of drug-likeness (QED) is 0.766. The van der Waals surface area contributed by atoms with Crippen molar-refractivity contribution in [2.45, 2.75) is 25.1 Å². The van der Waals surface area contributed by atoms with Crippen molar-refractivity contribution in [2.75, 3.05) is 31.2 Å². The first-order chi connectivity index (χ1) is 15.0. The van der Waals surface area contributed by atoms with Gasteiger partial charge in [0.1, 0.15) is 36.9 Å². The van der Waals surface area contributed by atoms with E-state index in [2.05, 4.69) is 10.3 Å². The number of hydrogen-bond donors (Lipinski definition) is 1. The molecule has 0 saturated carbocycles. The van der Waals surface area contributed by atoms with Crippen LogP contribution in [-0.2, 0) is 16.1 Å². The Morgan fingerprint density at radius 2 is 2.23 bits per heavy atom. The van der Waals surface area contributed by atoms with Gasteiger partial charge >= 0.3 is 6.09 Å². The fourth-order valence-electron chi connectivity index (χ4n) is 4.21. The zero-order chi connectivity index (χ0) is 21.5. The van der Waals surface area contributed by atoms with Crippen LogP contribution in [0.4, 0.5) is 14.9 Å². The van der Waals surface area contributed by atoms with Gasteiger partial charge in [0.05, 0.1) is 18.4 Å². The summed E-state index contributed by atoms with van der Waals surface area (Å²) < 4.78 is 28.0. The lowest BCUT2D eigenvalue weighted by Crippen LogP contribution is -2.45. The molecule has 0 bridgehead atoms. The molecule has 4 heterocycles. The van der Waals surface area contributed by atoms with Crippen molar-refractivity contribution in [1.29, 1.82) is 0 Å². The van der Waals surface area contributed by atoms with Crippen molar-refractivity contribution < 1.29 is 28.6 Å². The molecule has 3 aliphatic heterocycles. The van der Waals surface area contributed by atoms with Crippen LogP contribution in [0.3, 0.4) is 0 Å². The summed E-state index contributed by atoms with van der Waals surface area (Å²) in [5.41, 5.74) is 1.46. The molecule has 0 aliphatic carbocycles. The number of hydrogen-bond acceptors (Lipinski definition) is 7. The summed E-state index contributed by atoms with van der Waals surface area (Å²) in [6, 6.07) is 2.48. The summed E-state index contributed by atoms with van der Waals surface area (Å²) in [7, 11) is 0. The normalized spacial score (nSPS) is 22.4. The number of aliphatic hydroxyl groups is 1. The lowest BCUT2D eigenvalue weighted by atomic mass is 9.97. The van der Waals surface area contributed by atoms with Crippen LogP contribution in [0.5, 0.6) is 5.75 Å². The van der Waals surface area contributed by atoms with E-state index in [0.29, 0.717) is 43.1 Å². The SMILES string of the molecule is O=C(CO)N1CC=C(c2cc3c(cc2F)N2C(=O)O[C@@H](Cn4ccnn4)[C@@H]2CO3)CC1. The zero-order valence-corrected chi connectivity index (χ0v) is 16.5. The number of aliphatic hydroxyl groups excluding tert-OH is 1. The number of carbonyl (C=O) groups excluding carboxylic acids is 2. The number of ether oxygens (including phenoxy) is 2. The molecule has 2 amide bonds. The Hall–Kier alpha value is -3.47. The predicted octanol–water partition coefficient (Wildman–Crippen LogP) is 0.812. The average Bonchev–Trinajstić information content (AvgIpc) is 3.41. The van der Waals surface area contributed by atoms with E-state index in [-0.39, 0.29) is 12.5 Å². The Labute approximate surface area is 176 Å². The lowest BCUT2D eigenvalue weighted by Gasteiger charge is -2.32. The zero-order valence-electron chi connectivity index (χ0n) is 16.5. The van der Waals surface area contributed by atoms with E-state index >= 15 is 4.39 Å². The summed E-state index contributed by atoms with van der Waals surface area (Å²) in [6.45, 7) is 0.683. The highest BCUT2D eigenvalue weighted by Gasteiger charge is 2.47. The van der Waals surface area contributed by atoms with Crippen molar-refractivity contribution in [2.24, 2.45) is 0 Å². The van der Waals surface area contributed by atoms with Gasteiger partial charge in [-0.15, -0.1) is 5.10 Å². The Morgan fingerprint density at radius 3 is 2.94 bits per heavy atom. The van der Waals surface area contributed by atoms with Crippen LogP contribution in [0.25, 0.3) is 5.57 Å². The first-order valence-electron chi connectivity index (χ1n) is 9.93. The Kier molecular flexibility index (Phi) is 4.81. The number of anilines is 1. The molecule has 3 aliphatic rings. The van der Waals surface area contributed by atoms with Crippen LogP contribution < -0.4 is 9.64 Å². The minimum absolute atomic E-state index is 0.209. The highest BCUT2D eigenvalue weighted by atomic mass is 19.1. The monoisotopic (exact) mass is 429 g/mol. The number of amides is 2. The molecule has 0 spiro atoms. The standard InChI is InChI=1S/C20H20FN5O5/c21-14-8-15-17(7-13(14)12-1-4-24(5-2-12)19(28)10-27)30-11-16-18(31-20(29)26(15)16)9-25-6-3-22-23-25/h1,3,6-8,16,18,27H,2,4-5,9-11H2/t16-,18-/m0/s1. The first kappa shape index (κ1) is 19.5. The first-order valence-corrected chi connectivity index (χ1v) is 9.93. The molecular weight excluding hydrogens is 409 g/mol. The van der Waals surface area contributed by atoms with Gasteiger partial charge in [0.15, 0.2) is 0 Å². The van der Waals surface area contributed by atoms with Crippen molar-refractivity contribution in [3.63, 3.8) is 0 Å². The van der Waals surface area contributed by atoms with Crippen molar-refractivity contribution in [3.05, 3.63) is 42.0 Å². The van der Waals surface area contributed by atoms with Crippen LogP contribution >= 0.6 is 0 Å². The van der Waals surface area contributed by atoms with Crippen molar-refractivity contribution >= 4 is 23.3 Å². The van der Waals surface area contributed by atoms with Crippen molar-refractivity contribution in [3.8, 4) is 5.75 Å². The summed E-state index contributed by atoms with van der Waals surface area (Å²) >= 11 is 0. The number of nitrogens with zero attached hydrogens (tertiary/aromatic N) is 5. The highest BCUT2D eigenvalue weighted by Crippen LogP contribution is 2.42. The van der Waals surface area contributed by atoms with E-state index in [1.54, 1.807) is 23.0 Å². The second kappa shape index (κ2) is 7.65. The third kappa shape index (κ3) is 3.40. The fourth-order valence-corrected chi connectivity index (χ4v) is 4.21. The molecule has 1 N–H and O–H groups in total. The van der Waals surface area contributed by atoms with Crippen LogP contribution in [0.1, 0.15) is 12.0 Å². The molecule has 162 valence electrons. The maximum absolute atomic E-state index is 15.1. The molecule has 0 radical (unpaired) electrons. The number of fused-ring (bicyclic) bond motifs is 3. The molecule has 2 atom stereocenters. The Balaban J connectivity index is 1.40. The van der Waals surface area contributed by atoms with Gasteiger partial charge in [-0.2, -0.15) is 0 Å². The molecule has 31 heavy (non-hydrogen) atoms. The third-order valence-electron chi connectivity index (χ3n) is 5.81. The molecule has 1 fully saturated rings. The maximum atomic E-state index is 15.1. The second-order valence-corrected chi connectivity index (χ2v) is 7.57. The predicted molar refractivity (Wildman–Crippen MR) is 105 cm³/mol. The molecule has 0 unspecified atom stereocenters. The van der Waals surface area contributed by atoms with E-state index in [1.807, 2.05) is 0 Å². The van der Waals surface area contributed by atoms with Crippen LogP contribution in [0, 0.1) is 5.82 Å². The third-order valence-corrected chi connectivity index (χ3v) is 5.81. The van der Waals surface area contributed by atoms with Gasteiger partial charge in [0, 0.05) is 30.9 Å². The topological polar surface area (TPSA) is 110 Å². The van der Waals surface area contributed by atoms with Gasteiger partial charge in [0.2, 0.25) is 5.91 Å². The number of halogens is 1. The van der Waals surface area contributed by atoms with Gasteiger partial charge in [-0.1, -0.05) is 11.3 Å². The van der Waals surface area contributed by atoms with E-state index in [9.17, 15) is 9.59 Å². The number of aromatic nitrogens is 3. The average molecular weight is 429 g/mol. The van der Waals surface area contributed by atoms with E-state index in [0.717, 1.165) is 5.57 Å². The van der Waals surface area contributed by atoms with Crippen molar-refractivity contribution in [1.82, 2.24) is 19.9 Å². The van der Waals surface area contributed by atoms with Crippen LogP contribution in [0.2, 0.25) is 0 Å². The van der Waals surface area contributed by atoms with Crippen LogP contribution in [-0.4, -0.2) is 75.4 Å². The van der Waals surface area contributed by atoms with Gasteiger partial charge in [-0.3, -0.25) is 9.69 Å². The second-order valence-electron chi connectivity index (χ2n) is 7.57. The minimum atomic E-state index is -0.554. The number of cyclic esters (lactones) is 1. The summed E-state index contributed by atoms with van der Waals surface area (Å²) in [5.74, 6) is -0.437. The molecule has 11 heteroatoms. The molecule has 5 rings (SSSR count). The molecule has 2 aromatic rings. The van der Waals surface area contributed by atoms with Gasteiger partial charge in [-0.05, 0) is 18.1 Å². The molecule has 1 aromatic carbocycles. The summed E-state index contributed by atoms with van der Waals surface area (Å²) in [5, 5.41) is 16.6. The maximum Gasteiger partial charge on any atom is 0.415 e. The smallest absolute Gasteiger partial charge is 0.415 e. The van der Waals surface area contributed by atoms with Gasteiger partial charge in [0.25, 0.3) is 0 Å². The van der Waals surface area contributed by atoms with Gasteiger partial charge in [-0.25, -0.2) is 13.9 Å². The summed E-state index contributed by atoms with van der Waals surface area (Å²) in [6.07, 6.45) is 4.38. The number of rotatable bonds is 4. The van der Waals surface area contributed by atoms with Crippen LogP contribution in [0.15, 0.2) is 30.6 Å².